The second-order valence-electron chi connectivity index (χ2n) is 8.26. The molecule has 0 amide bonds. The molecule has 0 unspecified atom stereocenters. The first-order chi connectivity index (χ1) is 18.0. The second-order valence-corrected chi connectivity index (χ2v) is 10.6. The number of thioether (sulfide) groups is 1. The van der Waals surface area contributed by atoms with Gasteiger partial charge in [0.1, 0.15) is 0 Å². The summed E-state index contributed by atoms with van der Waals surface area (Å²) in [5.41, 5.74) is 3.08. The Morgan fingerprint density at radius 2 is 1.78 bits per heavy atom. The Labute approximate surface area is 227 Å². The lowest BCUT2D eigenvalue weighted by atomic mass is 9.93. The number of thiazole rings is 1. The van der Waals surface area contributed by atoms with E-state index in [0.29, 0.717) is 25.6 Å². The number of rotatable bonds is 6. The number of hydrogen-bond acceptors (Lipinski definition) is 6. The SMILES string of the molecule is CCOC(=O)C1=C(c2ccccc2)N=c2s/c(=C\c3ccc(Cl)cc3)c(=O)n2[C@H]1c1ccc(SC)cc1. The van der Waals surface area contributed by atoms with Crippen LogP contribution in [-0.2, 0) is 9.53 Å². The fourth-order valence-corrected chi connectivity index (χ4v) is 5.79. The summed E-state index contributed by atoms with van der Waals surface area (Å²) in [6, 6.07) is 24.0. The maximum atomic E-state index is 13.8. The standard InChI is InChI=1S/C29H23ClN2O3S2/c1-3-35-28(34)24-25(19-7-5-4-6-8-19)31-29-32(26(24)20-11-15-22(36-2)16-12-20)27(33)23(37-29)17-18-9-13-21(30)14-10-18/h4-17,26H,3H2,1-2H3/b23-17-/t26-/m0/s1. The molecule has 1 atom stereocenters. The third-order valence-electron chi connectivity index (χ3n) is 5.97. The van der Waals surface area contributed by atoms with Crippen LogP contribution in [0.2, 0.25) is 5.02 Å². The molecular weight excluding hydrogens is 524 g/mol. The van der Waals surface area contributed by atoms with Crippen LogP contribution < -0.4 is 14.9 Å². The Kier molecular flexibility index (Phi) is 7.46. The maximum absolute atomic E-state index is 13.8. The molecule has 1 aliphatic rings. The monoisotopic (exact) mass is 546 g/mol. The molecule has 1 aliphatic heterocycles. The number of esters is 1. The van der Waals surface area contributed by atoms with Gasteiger partial charge < -0.3 is 4.74 Å². The van der Waals surface area contributed by atoms with E-state index in [0.717, 1.165) is 21.6 Å². The summed E-state index contributed by atoms with van der Waals surface area (Å²) in [7, 11) is 0. The molecule has 0 fully saturated rings. The van der Waals surface area contributed by atoms with Crippen LogP contribution in [0.4, 0.5) is 0 Å². The van der Waals surface area contributed by atoms with Gasteiger partial charge in [0, 0.05) is 15.5 Å². The molecule has 1 aromatic heterocycles. The molecule has 4 aromatic rings. The van der Waals surface area contributed by atoms with E-state index in [-0.39, 0.29) is 12.2 Å². The van der Waals surface area contributed by atoms with Crippen molar-refractivity contribution in [3.63, 3.8) is 0 Å². The first-order valence-corrected chi connectivity index (χ1v) is 14.1. The Morgan fingerprint density at radius 1 is 1.08 bits per heavy atom. The minimum absolute atomic E-state index is 0.212. The molecule has 186 valence electrons. The van der Waals surface area contributed by atoms with Gasteiger partial charge in [0.2, 0.25) is 0 Å². The lowest BCUT2D eigenvalue weighted by Gasteiger charge is -2.26. The highest BCUT2D eigenvalue weighted by molar-refractivity contribution is 7.98. The molecular formula is C29H23ClN2O3S2. The summed E-state index contributed by atoms with van der Waals surface area (Å²) in [5.74, 6) is -0.490. The molecule has 0 bridgehead atoms. The number of ether oxygens (including phenoxy) is 1. The number of hydrogen-bond donors (Lipinski definition) is 0. The van der Waals surface area contributed by atoms with Crippen molar-refractivity contribution in [1.82, 2.24) is 4.57 Å². The Bertz CT molecular complexity index is 1660. The minimum atomic E-state index is -0.686. The quantitative estimate of drug-likeness (QED) is 0.243. The predicted octanol–water partition coefficient (Wildman–Crippen LogP) is 5.31. The smallest absolute Gasteiger partial charge is 0.338 e. The fourth-order valence-electron chi connectivity index (χ4n) is 4.25. The van der Waals surface area contributed by atoms with Gasteiger partial charge in [-0.3, -0.25) is 9.36 Å². The molecule has 0 radical (unpaired) electrons. The van der Waals surface area contributed by atoms with E-state index in [4.69, 9.17) is 21.3 Å². The summed E-state index contributed by atoms with van der Waals surface area (Å²) < 4.78 is 7.63. The van der Waals surface area contributed by atoms with Crippen molar-refractivity contribution in [3.8, 4) is 0 Å². The largest absolute Gasteiger partial charge is 0.463 e. The van der Waals surface area contributed by atoms with E-state index < -0.39 is 12.0 Å². The van der Waals surface area contributed by atoms with Crippen LogP contribution >= 0.6 is 34.7 Å². The molecule has 0 N–H and O–H groups in total. The lowest BCUT2D eigenvalue weighted by Crippen LogP contribution is -2.40. The Balaban J connectivity index is 1.81. The van der Waals surface area contributed by atoms with E-state index in [2.05, 4.69) is 0 Å². The van der Waals surface area contributed by atoms with Gasteiger partial charge in [-0.2, -0.15) is 0 Å². The Morgan fingerprint density at radius 3 is 2.43 bits per heavy atom. The van der Waals surface area contributed by atoms with Gasteiger partial charge in [0.15, 0.2) is 4.80 Å². The topological polar surface area (TPSA) is 60.7 Å². The van der Waals surface area contributed by atoms with Crippen LogP contribution in [0.3, 0.4) is 0 Å². The molecule has 3 aromatic carbocycles. The van der Waals surface area contributed by atoms with Crippen LogP contribution in [0.5, 0.6) is 0 Å². The summed E-state index contributed by atoms with van der Waals surface area (Å²) in [6.07, 6.45) is 3.83. The average Bonchev–Trinajstić information content (AvgIpc) is 3.24. The average molecular weight is 547 g/mol. The number of nitrogens with zero attached hydrogens (tertiary/aromatic N) is 2. The van der Waals surface area contributed by atoms with Crippen LogP contribution in [-0.4, -0.2) is 23.4 Å². The second kappa shape index (κ2) is 10.9. The van der Waals surface area contributed by atoms with Crippen LogP contribution in [0.15, 0.2) is 99.1 Å². The van der Waals surface area contributed by atoms with Crippen molar-refractivity contribution in [2.75, 3.05) is 12.9 Å². The highest BCUT2D eigenvalue weighted by atomic mass is 35.5. The summed E-state index contributed by atoms with van der Waals surface area (Å²) >= 11 is 8.97. The van der Waals surface area contributed by atoms with Crippen LogP contribution in [0.25, 0.3) is 11.8 Å². The van der Waals surface area contributed by atoms with Crippen molar-refractivity contribution >= 4 is 52.4 Å². The van der Waals surface area contributed by atoms with Crippen molar-refractivity contribution in [2.45, 2.75) is 17.9 Å². The summed E-state index contributed by atoms with van der Waals surface area (Å²) in [6.45, 7) is 1.98. The van der Waals surface area contributed by atoms with Gasteiger partial charge in [-0.15, -0.1) is 11.8 Å². The van der Waals surface area contributed by atoms with E-state index in [1.807, 2.05) is 79.1 Å². The zero-order chi connectivity index (χ0) is 25.9. The molecule has 37 heavy (non-hydrogen) atoms. The van der Waals surface area contributed by atoms with Gasteiger partial charge in [-0.1, -0.05) is 77.5 Å². The van der Waals surface area contributed by atoms with E-state index in [1.165, 1.54) is 11.3 Å². The molecule has 0 spiro atoms. The zero-order valence-electron chi connectivity index (χ0n) is 20.2. The number of halogens is 1. The fraction of sp³-hybridized carbons (Fsp3) is 0.138. The van der Waals surface area contributed by atoms with Crippen molar-refractivity contribution in [2.24, 2.45) is 4.99 Å². The van der Waals surface area contributed by atoms with Gasteiger partial charge in [0.05, 0.1) is 28.5 Å². The number of carbonyl (C=O) groups is 1. The summed E-state index contributed by atoms with van der Waals surface area (Å²) in [5, 5.41) is 0.624. The predicted molar refractivity (Wildman–Crippen MR) is 151 cm³/mol. The number of fused-ring (bicyclic) bond motifs is 1. The normalized spacial score (nSPS) is 15.3. The zero-order valence-corrected chi connectivity index (χ0v) is 22.6. The van der Waals surface area contributed by atoms with Crippen molar-refractivity contribution < 1.29 is 9.53 Å². The first-order valence-electron chi connectivity index (χ1n) is 11.7. The summed E-state index contributed by atoms with van der Waals surface area (Å²) in [4.78, 5) is 33.8. The van der Waals surface area contributed by atoms with Gasteiger partial charge >= 0.3 is 5.97 Å². The highest BCUT2D eigenvalue weighted by Gasteiger charge is 2.35. The lowest BCUT2D eigenvalue weighted by molar-refractivity contribution is -0.138. The highest BCUT2D eigenvalue weighted by Crippen LogP contribution is 2.35. The van der Waals surface area contributed by atoms with Gasteiger partial charge in [-0.05, 0) is 54.6 Å². The maximum Gasteiger partial charge on any atom is 0.338 e. The first kappa shape index (κ1) is 25.3. The van der Waals surface area contributed by atoms with Crippen molar-refractivity contribution in [1.29, 1.82) is 0 Å². The molecule has 8 heteroatoms. The van der Waals surface area contributed by atoms with Crippen molar-refractivity contribution in [3.05, 3.63) is 126 Å². The van der Waals surface area contributed by atoms with E-state index in [9.17, 15) is 9.59 Å². The molecule has 5 rings (SSSR count). The number of aromatic nitrogens is 1. The Hall–Kier alpha value is -3.39. The third-order valence-corrected chi connectivity index (χ3v) is 7.95. The molecule has 0 aliphatic carbocycles. The third kappa shape index (κ3) is 5.07. The van der Waals surface area contributed by atoms with Gasteiger partial charge in [-0.25, -0.2) is 9.79 Å². The van der Waals surface area contributed by atoms with E-state index in [1.54, 1.807) is 35.4 Å². The number of benzene rings is 3. The van der Waals surface area contributed by atoms with Crippen LogP contribution in [0.1, 0.15) is 29.7 Å². The van der Waals surface area contributed by atoms with E-state index >= 15 is 0 Å². The molecule has 5 nitrogen and oxygen atoms in total. The van der Waals surface area contributed by atoms with Crippen LogP contribution in [0, 0.1) is 0 Å². The number of carbonyl (C=O) groups excluding carboxylic acids is 1. The molecule has 0 saturated heterocycles. The minimum Gasteiger partial charge on any atom is -0.463 e. The van der Waals surface area contributed by atoms with Gasteiger partial charge in [0.25, 0.3) is 5.56 Å². The molecule has 2 heterocycles. The molecule has 0 saturated carbocycles.